The molecule has 0 atom stereocenters. The van der Waals surface area contributed by atoms with Crippen LogP contribution in [-0.4, -0.2) is 28.8 Å². The van der Waals surface area contributed by atoms with Crippen LogP contribution >= 0.6 is 0 Å². The van der Waals surface area contributed by atoms with E-state index in [-0.39, 0.29) is 11.6 Å². The minimum absolute atomic E-state index is 0.0423. The zero-order chi connectivity index (χ0) is 17.5. The van der Waals surface area contributed by atoms with E-state index in [2.05, 4.69) is 0 Å². The van der Waals surface area contributed by atoms with E-state index in [1.807, 2.05) is 30.3 Å². The van der Waals surface area contributed by atoms with E-state index in [0.717, 1.165) is 5.56 Å². The summed E-state index contributed by atoms with van der Waals surface area (Å²) in [5.41, 5.74) is 7.28. The number of amides is 1. The fourth-order valence-electron chi connectivity index (χ4n) is 2.56. The van der Waals surface area contributed by atoms with Gasteiger partial charge in [0.1, 0.15) is 0 Å². The van der Waals surface area contributed by atoms with E-state index in [0.29, 0.717) is 37.2 Å². The number of carbonyl (C=O) groups excluding carboxylic acids is 1. The molecule has 0 spiro atoms. The summed E-state index contributed by atoms with van der Waals surface area (Å²) in [4.78, 5) is 25.2. The Labute approximate surface area is 141 Å². The predicted octanol–water partition coefficient (Wildman–Crippen LogP) is 2.89. The molecule has 0 bridgehead atoms. The number of nitrogens with zero attached hydrogens (tertiary/aromatic N) is 2. The first-order valence-electron chi connectivity index (χ1n) is 7.82. The van der Waals surface area contributed by atoms with Gasteiger partial charge in [0, 0.05) is 30.3 Å². The average molecular weight is 327 g/mol. The highest BCUT2D eigenvalue weighted by molar-refractivity contribution is 5.96. The lowest BCUT2D eigenvalue weighted by Gasteiger charge is -2.23. The monoisotopic (exact) mass is 327 g/mol. The molecule has 0 saturated carbocycles. The maximum Gasteiger partial charge on any atom is 0.273 e. The van der Waals surface area contributed by atoms with E-state index in [4.69, 9.17) is 5.73 Å². The molecule has 0 aliphatic carbocycles. The molecule has 0 radical (unpaired) electrons. The van der Waals surface area contributed by atoms with Crippen molar-refractivity contribution in [2.24, 2.45) is 5.73 Å². The summed E-state index contributed by atoms with van der Waals surface area (Å²) in [7, 11) is 0. The van der Waals surface area contributed by atoms with E-state index in [1.165, 1.54) is 6.07 Å². The Morgan fingerprint density at radius 1 is 1.17 bits per heavy atom. The second-order valence-corrected chi connectivity index (χ2v) is 5.56. The van der Waals surface area contributed by atoms with Gasteiger partial charge in [0.2, 0.25) is 0 Å². The highest BCUT2D eigenvalue weighted by Crippen LogP contribution is 2.23. The number of hydrogen-bond donors (Lipinski definition) is 1. The minimum Gasteiger partial charge on any atom is -0.334 e. The number of nitro benzene ring substituents is 1. The molecule has 0 fully saturated rings. The highest BCUT2D eigenvalue weighted by atomic mass is 16.6. The molecule has 0 heterocycles. The lowest BCUT2D eigenvalue weighted by molar-refractivity contribution is -0.385. The topological polar surface area (TPSA) is 89.5 Å². The minimum atomic E-state index is -0.465. The maximum absolute atomic E-state index is 12.9. The van der Waals surface area contributed by atoms with Crippen LogP contribution in [0.5, 0.6) is 0 Å². The molecule has 24 heavy (non-hydrogen) atoms. The zero-order valence-electron chi connectivity index (χ0n) is 13.6. The fourth-order valence-corrected chi connectivity index (χ4v) is 2.56. The molecular formula is C18H21N3O3. The summed E-state index contributed by atoms with van der Waals surface area (Å²) in [5.74, 6) is -0.214. The fraction of sp³-hybridized carbons (Fsp3) is 0.278. The Kier molecular flexibility index (Phi) is 6.03. The summed E-state index contributed by atoms with van der Waals surface area (Å²) in [6, 6.07) is 14.2. The van der Waals surface area contributed by atoms with Crippen molar-refractivity contribution in [2.45, 2.75) is 19.9 Å². The number of nitrogens with two attached hydrogens (primary N) is 1. The molecule has 2 aromatic rings. The quantitative estimate of drug-likeness (QED) is 0.625. The van der Waals surface area contributed by atoms with Crippen molar-refractivity contribution in [1.82, 2.24) is 4.90 Å². The van der Waals surface area contributed by atoms with Gasteiger partial charge < -0.3 is 10.6 Å². The van der Waals surface area contributed by atoms with Crippen molar-refractivity contribution >= 4 is 11.6 Å². The van der Waals surface area contributed by atoms with Crippen LogP contribution in [0.2, 0.25) is 0 Å². The Balaban J connectivity index is 2.30. The molecule has 0 saturated heterocycles. The van der Waals surface area contributed by atoms with Gasteiger partial charge in [-0.25, -0.2) is 0 Å². The standard InChI is InChI=1S/C18H21N3O3/c1-14-16(9-5-10-17(14)21(23)24)18(22)20(12-6-11-19)13-15-7-3-2-4-8-15/h2-5,7-10H,6,11-13,19H2,1H3. The van der Waals surface area contributed by atoms with Crippen LogP contribution in [-0.2, 0) is 6.54 Å². The van der Waals surface area contributed by atoms with Gasteiger partial charge in [0.05, 0.1) is 4.92 Å². The Bertz CT molecular complexity index is 717. The van der Waals surface area contributed by atoms with E-state index in [1.54, 1.807) is 24.0 Å². The zero-order valence-corrected chi connectivity index (χ0v) is 13.6. The van der Waals surface area contributed by atoms with Crippen LogP contribution in [0.25, 0.3) is 0 Å². The molecule has 6 heteroatoms. The third kappa shape index (κ3) is 4.17. The molecule has 2 rings (SSSR count). The van der Waals surface area contributed by atoms with Gasteiger partial charge in [-0.05, 0) is 31.5 Å². The summed E-state index contributed by atoms with van der Waals surface area (Å²) in [6.45, 7) is 3.04. The van der Waals surface area contributed by atoms with Gasteiger partial charge >= 0.3 is 0 Å². The normalized spacial score (nSPS) is 10.4. The average Bonchev–Trinajstić information content (AvgIpc) is 2.59. The molecule has 2 aromatic carbocycles. The van der Waals surface area contributed by atoms with Gasteiger partial charge in [-0.2, -0.15) is 0 Å². The Hall–Kier alpha value is -2.73. The van der Waals surface area contributed by atoms with Crippen LogP contribution in [0.1, 0.15) is 27.9 Å². The first-order chi connectivity index (χ1) is 11.5. The van der Waals surface area contributed by atoms with Gasteiger partial charge in [0.15, 0.2) is 0 Å². The highest BCUT2D eigenvalue weighted by Gasteiger charge is 2.22. The van der Waals surface area contributed by atoms with Crippen LogP contribution in [0.4, 0.5) is 5.69 Å². The molecular weight excluding hydrogens is 306 g/mol. The van der Waals surface area contributed by atoms with Gasteiger partial charge in [-0.15, -0.1) is 0 Å². The van der Waals surface area contributed by atoms with Crippen LogP contribution in [0, 0.1) is 17.0 Å². The van der Waals surface area contributed by atoms with Gasteiger partial charge in [-0.3, -0.25) is 14.9 Å². The Morgan fingerprint density at radius 2 is 1.88 bits per heavy atom. The maximum atomic E-state index is 12.9. The second-order valence-electron chi connectivity index (χ2n) is 5.56. The van der Waals surface area contributed by atoms with Crippen molar-refractivity contribution in [3.05, 3.63) is 75.3 Å². The molecule has 0 aromatic heterocycles. The molecule has 126 valence electrons. The first kappa shape index (κ1) is 17.6. The number of nitro groups is 1. The second kappa shape index (κ2) is 8.21. The number of hydrogen-bond acceptors (Lipinski definition) is 4. The Morgan fingerprint density at radius 3 is 2.50 bits per heavy atom. The van der Waals surface area contributed by atoms with Crippen molar-refractivity contribution in [1.29, 1.82) is 0 Å². The van der Waals surface area contributed by atoms with Gasteiger partial charge in [0.25, 0.3) is 11.6 Å². The molecule has 6 nitrogen and oxygen atoms in total. The van der Waals surface area contributed by atoms with Crippen molar-refractivity contribution < 1.29 is 9.72 Å². The summed E-state index contributed by atoms with van der Waals surface area (Å²) < 4.78 is 0. The predicted molar refractivity (Wildman–Crippen MR) is 92.7 cm³/mol. The van der Waals surface area contributed by atoms with E-state index >= 15 is 0 Å². The molecule has 0 aliphatic rings. The van der Waals surface area contributed by atoms with Gasteiger partial charge in [-0.1, -0.05) is 36.4 Å². The molecule has 0 unspecified atom stereocenters. The summed E-state index contributed by atoms with van der Waals surface area (Å²) in [5, 5.41) is 11.1. The molecule has 0 aliphatic heterocycles. The molecule has 2 N–H and O–H groups in total. The lowest BCUT2D eigenvalue weighted by Crippen LogP contribution is -2.33. The first-order valence-corrected chi connectivity index (χ1v) is 7.82. The third-order valence-corrected chi connectivity index (χ3v) is 3.87. The largest absolute Gasteiger partial charge is 0.334 e. The van der Waals surface area contributed by atoms with E-state index < -0.39 is 4.92 Å². The summed E-state index contributed by atoms with van der Waals surface area (Å²) in [6.07, 6.45) is 0.673. The third-order valence-electron chi connectivity index (χ3n) is 3.87. The van der Waals surface area contributed by atoms with Crippen molar-refractivity contribution in [3.63, 3.8) is 0 Å². The van der Waals surface area contributed by atoms with Crippen LogP contribution in [0.3, 0.4) is 0 Å². The lowest BCUT2D eigenvalue weighted by atomic mass is 10.0. The van der Waals surface area contributed by atoms with E-state index in [9.17, 15) is 14.9 Å². The molecule has 1 amide bonds. The smallest absolute Gasteiger partial charge is 0.273 e. The summed E-state index contributed by atoms with van der Waals surface area (Å²) >= 11 is 0. The van der Waals surface area contributed by atoms with Crippen LogP contribution < -0.4 is 5.73 Å². The van der Waals surface area contributed by atoms with Crippen LogP contribution in [0.15, 0.2) is 48.5 Å². The number of rotatable bonds is 7. The SMILES string of the molecule is Cc1c(C(=O)N(CCCN)Cc2ccccc2)cccc1[N+](=O)[O-]. The number of carbonyl (C=O) groups is 1. The van der Waals surface area contributed by atoms with Crippen molar-refractivity contribution in [3.8, 4) is 0 Å². The number of benzene rings is 2. The van der Waals surface area contributed by atoms with Crippen molar-refractivity contribution in [2.75, 3.05) is 13.1 Å².